The first-order valence-corrected chi connectivity index (χ1v) is 9.62. The fourth-order valence-electron chi connectivity index (χ4n) is 3.04. The number of aromatic nitrogens is 3. The number of ether oxygens (including phenoxy) is 2. The SMILES string of the molecule is COC(=O)c1ccc(OCC(O)CN(C)C(C)c2ccc(-n3cncn3)cc2)cc1. The van der Waals surface area contributed by atoms with Crippen molar-refractivity contribution < 1.29 is 19.4 Å². The molecule has 3 rings (SSSR count). The molecule has 0 fully saturated rings. The molecule has 0 aliphatic rings. The van der Waals surface area contributed by atoms with Crippen LogP contribution in [0.5, 0.6) is 5.75 Å². The number of aliphatic hydroxyl groups is 1. The van der Waals surface area contributed by atoms with Gasteiger partial charge in [-0.3, -0.25) is 4.90 Å². The molecule has 2 aromatic carbocycles. The maximum Gasteiger partial charge on any atom is 0.337 e. The van der Waals surface area contributed by atoms with E-state index in [0.29, 0.717) is 17.9 Å². The van der Waals surface area contributed by atoms with Gasteiger partial charge in [0.15, 0.2) is 0 Å². The molecule has 3 aromatic rings. The van der Waals surface area contributed by atoms with Crippen LogP contribution in [0.3, 0.4) is 0 Å². The molecule has 30 heavy (non-hydrogen) atoms. The highest BCUT2D eigenvalue weighted by Gasteiger charge is 2.16. The number of nitrogens with zero attached hydrogens (tertiary/aromatic N) is 4. The number of hydrogen-bond acceptors (Lipinski definition) is 7. The summed E-state index contributed by atoms with van der Waals surface area (Å²) in [5.74, 6) is 0.188. The topological polar surface area (TPSA) is 89.7 Å². The Bertz CT molecular complexity index is 927. The molecule has 2 unspecified atom stereocenters. The maximum atomic E-state index is 11.5. The fourth-order valence-corrected chi connectivity index (χ4v) is 3.04. The summed E-state index contributed by atoms with van der Waals surface area (Å²) in [7, 11) is 3.30. The molecule has 2 atom stereocenters. The van der Waals surface area contributed by atoms with Crippen LogP contribution in [0, 0.1) is 0 Å². The van der Waals surface area contributed by atoms with Crippen LogP contribution < -0.4 is 4.74 Å². The van der Waals surface area contributed by atoms with Crippen molar-refractivity contribution in [2.75, 3.05) is 27.3 Å². The third-order valence-corrected chi connectivity index (χ3v) is 4.94. The number of methoxy groups -OCH3 is 1. The van der Waals surface area contributed by atoms with E-state index in [-0.39, 0.29) is 12.6 Å². The fraction of sp³-hybridized carbons (Fsp3) is 0.318. The summed E-state index contributed by atoms with van der Waals surface area (Å²) < 4.78 is 12.0. The van der Waals surface area contributed by atoms with Crippen LogP contribution in [0.1, 0.15) is 28.9 Å². The number of esters is 1. The lowest BCUT2D eigenvalue weighted by atomic mass is 10.1. The lowest BCUT2D eigenvalue weighted by Gasteiger charge is -2.27. The average molecular weight is 410 g/mol. The summed E-state index contributed by atoms with van der Waals surface area (Å²) in [5.41, 5.74) is 2.53. The van der Waals surface area contributed by atoms with Crippen LogP contribution in [-0.2, 0) is 4.74 Å². The second-order valence-electron chi connectivity index (χ2n) is 7.03. The molecule has 0 amide bonds. The minimum Gasteiger partial charge on any atom is -0.491 e. The van der Waals surface area contributed by atoms with Crippen molar-refractivity contribution in [1.29, 1.82) is 0 Å². The molecule has 1 aromatic heterocycles. The molecule has 0 aliphatic carbocycles. The van der Waals surface area contributed by atoms with Crippen LogP contribution in [0.15, 0.2) is 61.2 Å². The highest BCUT2D eigenvalue weighted by Crippen LogP contribution is 2.20. The number of carbonyl (C=O) groups excluding carboxylic acids is 1. The number of hydrogen-bond donors (Lipinski definition) is 1. The number of aliphatic hydroxyl groups excluding tert-OH is 1. The maximum absolute atomic E-state index is 11.5. The van der Waals surface area contributed by atoms with Gasteiger partial charge in [-0.05, 0) is 55.9 Å². The minimum absolute atomic E-state index is 0.115. The largest absolute Gasteiger partial charge is 0.491 e. The standard InChI is InChI=1S/C22H26N4O4/c1-16(17-4-8-19(9-5-17)26-15-23-14-24-26)25(2)12-20(27)13-30-21-10-6-18(7-11-21)22(28)29-3/h4-11,14-16,20,27H,12-13H2,1-3H3. The average Bonchev–Trinajstić information content (AvgIpc) is 3.32. The van der Waals surface area contributed by atoms with Crippen molar-refractivity contribution in [3.05, 3.63) is 72.3 Å². The van der Waals surface area contributed by atoms with E-state index in [1.165, 1.54) is 13.4 Å². The first-order chi connectivity index (χ1) is 14.5. The smallest absolute Gasteiger partial charge is 0.337 e. The zero-order valence-electron chi connectivity index (χ0n) is 17.3. The summed E-state index contributed by atoms with van der Waals surface area (Å²) in [5, 5.41) is 14.5. The summed E-state index contributed by atoms with van der Waals surface area (Å²) in [4.78, 5) is 17.5. The Hall–Kier alpha value is -3.23. The second-order valence-corrected chi connectivity index (χ2v) is 7.03. The van der Waals surface area contributed by atoms with Crippen LogP contribution in [0.4, 0.5) is 0 Å². The van der Waals surface area contributed by atoms with Gasteiger partial charge in [-0.1, -0.05) is 12.1 Å². The molecule has 1 N–H and O–H groups in total. The van der Waals surface area contributed by atoms with E-state index in [2.05, 4.69) is 26.6 Å². The highest BCUT2D eigenvalue weighted by molar-refractivity contribution is 5.89. The first-order valence-electron chi connectivity index (χ1n) is 9.62. The van der Waals surface area contributed by atoms with E-state index >= 15 is 0 Å². The van der Waals surface area contributed by atoms with Crippen LogP contribution in [0.25, 0.3) is 5.69 Å². The normalized spacial score (nSPS) is 13.1. The summed E-state index contributed by atoms with van der Waals surface area (Å²) >= 11 is 0. The van der Waals surface area contributed by atoms with E-state index < -0.39 is 12.1 Å². The zero-order chi connectivity index (χ0) is 21.5. The number of rotatable bonds is 9. The van der Waals surface area contributed by atoms with Crippen LogP contribution >= 0.6 is 0 Å². The molecule has 0 saturated heterocycles. The predicted octanol–water partition coefficient (Wildman–Crippen LogP) is 2.49. The monoisotopic (exact) mass is 410 g/mol. The van der Waals surface area contributed by atoms with E-state index in [1.54, 1.807) is 35.3 Å². The Labute approximate surface area is 175 Å². The van der Waals surface area contributed by atoms with Crippen molar-refractivity contribution in [2.45, 2.75) is 19.1 Å². The van der Waals surface area contributed by atoms with Crippen molar-refractivity contribution in [2.24, 2.45) is 0 Å². The quantitative estimate of drug-likeness (QED) is 0.542. The molecule has 0 aliphatic heterocycles. The molecular formula is C22H26N4O4. The highest BCUT2D eigenvalue weighted by atomic mass is 16.5. The van der Waals surface area contributed by atoms with Gasteiger partial charge in [0.2, 0.25) is 0 Å². The summed E-state index contributed by atoms with van der Waals surface area (Å²) in [6, 6.07) is 14.8. The molecular weight excluding hydrogens is 384 g/mol. The Kier molecular flexibility index (Phi) is 7.16. The van der Waals surface area contributed by atoms with Gasteiger partial charge < -0.3 is 14.6 Å². The van der Waals surface area contributed by atoms with E-state index in [4.69, 9.17) is 4.74 Å². The number of carbonyl (C=O) groups is 1. The Balaban J connectivity index is 1.49. The predicted molar refractivity (Wildman–Crippen MR) is 112 cm³/mol. The van der Waals surface area contributed by atoms with Crippen molar-refractivity contribution in [3.8, 4) is 11.4 Å². The minimum atomic E-state index is -0.660. The van der Waals surface area contributed by atoms with Crippen LogP contribution in [-0.4, -0.2) is 64.2 Å². The summed E-state index contributed by atoms with van der Waals surface area (Å²) in [6.45, 7) is 2.69. The van der Waals surface area contributed by atoms with Gasteiger partial charge >= 0.3 is 5.97 Å². The number of benzene rings is 2. The first kappa shape index (κ1) is 21.5. The van der Waals surface area contributed by atoms with E-state index in [0.717, 1.165) is 11.3 Å². The van der Waals surface area contributed by atoms with Gasteiger partial charge in [0, 0.05) is 12.6 Å². The number of likely N-dealkylation sites (N-methyl/N-ethyl adjacent to an activating group) is 1. The van der Waals surface area contributed by atoms with Gasteiger partial charge in [-0.2, -0.15) is 5.10 Å². The second kappa shape index (κ2) is 10.00. The zero-order valence-corrected chi connectivity index (χ0v) is 17.3. The third-order valence-electron chi connectivity index (χ3n) is 4.94. The van der Waals surface area contributed by atoms with Gasteiger partial charge in [-0.15, -0.1) is 0 Å². The molecule has 0 saturated carbocycles. The molecule has 8 heteroatoms. The molecule has 0 spiro atoms. The Morgan fingerprint density at radius 1 is 1.17 bits per heavy atom. The lowest BCUT2D eigenvalue weighted by molar-refractivity contribution is 0.0598. The van der Waals surface area contributed by atoms with Crippen molar-refractivity contribution >= 4 is 5.97 Å². The van der Waals surface area contributed by atoms with Gasteiger partial charge in [0.1, 0.15) is 31.1 Å². The van der Waals surface area contributed by atoms with Gasteiger partial charge in [0.25, 0.3) is 0 Å². The molecule has 8 nitrogen and oxygen atoms in total. The van der Waals surface area contributed by atoms with E-state index in [1.807, 2.05) is 31.3 Å². The molecule has 158 valence electrons. The Morgan fingerprint density at radius 3 is 2.47 bits per heavy atom. The van der Waals surface area contributed by atoms with Crippen molar-refractivity contribution in [3.63, 3.8) is 0 Å². The summed E-state index contributed by atoms with van der Waals surface area (Å²) in [6.07, 6.45) is 2.50. The van der Waals surface area contributed by atoms with Crippen molar-refractivity contribution in [1.82, 2.24) is 19.7 Å². The van der Waals surface area contributed by atoms with Crippen LogP contribution in [0.2, 0.25) is 0 Å². The lowest BCUT2D eigenvalue weighted by Crippen LogP contribution is -2.34. The van der Waals surface area contributed by atoms with Gasteiger partial charge in [0.05, 0.1) is 18.4 Å². The third kappa shape index (κ3) is 5.43. The Morgan fingerprint density at radius 2 is 1.87 bits per heavy atom. The molecule has 0 bridgehead atoms. The molecule has 1 heterocycles. The molecule has 0 radical (unpaired) electrons. The van der Waals surface area contributed by atoms with Gasteiger partial charge in [-0.25, -0.2) is 14.5 Å². The van der Waals surface area contributed by atoms with E-state index in [9.17, 15) is 9.90 Å².